The lowest BCUT2D eigenvalue weighted by molar-refractivity contribution is 0.111. The number of rotatable bonds is 4. The van der Waals surface area contributed by atoms with E-state index in [-0.39, 0.29) is 0 Å². The van der Waals surface area contributed by atoms with Crippen molar-refractivity contribution in [1.29, 1.82) is 0 Å². The summed E-state index contributed by atoms with van der Waals surface area (Å²) in [6, 6.07) is 10.3. The standard InChI is InChI=1S/C15H16N2O.C2H6/c1-11-14(10-18)16-17(15(11)13-7-8-13)9-12-5-3-2-4-6-12;1-2/h2-6,10,13H,7-9H2,1H3;1-2H3. The minimum absolute atomic E-state index is 0.591. The van der Waals surface area contributed by atoms with Crippen LogP contribution < -0.4 is 0 Å². The van der Waals surface area contributed by atoms with Gasteiger partial charge in [-0.05, 0) is 25.3 Å². The molecule has 1 saturated carbocycles. The van der Waals surface area contributed by atoms with Gasteiger partial charge in [0.25, 0.3) is 0 Å². The number of hydrogen-bond donors (Lipinski definition) is 0. The topological polar surface area (TPSA) is 34.9 Å². The molecule has 0 aliphatic heterocycles. The number of carbonyl (C=O) groups excluding carboxylic acids is 1. The number of aromatic nitrogens is 2. The van der Waals surface area contributed by atoms with E-state index in [0.717, 1.165) is 18.4 Å². The molecule has 20 heavy (non-hydrogen) atoms. The second-order valence-electron chi connectivity index (χ2n) is 4.93. The third kappa shape index (κ3) is 2.98. The zero-order valence-corrected chi connectivity index (χ0v) is 12.5. The first-order valence-electron chi connectivity index (χ1n) is 7.36. The Morgan fingerprint density at radius 2 is 1.90 bits per heavy atom. The van der Waals surface area contributed by atoms with E-state index >= 15 is 0 Å². The maximum absolute atomic E-state index is 11.0. The zero-order chi connectivity index (χ0) is 14.5. The highest BCUT2D eigenvalue weighted by atomic mass is 16.1. The molecule has 0 atom stereocenters. The Morgan fingerprint density at radius 1 is 1.25 bits per heavy atom. The summed E-state index contributed by atoms with van der Waals surface area (Å²) in [7, 11) is 0. The zero-order valence-electron chi connectivity index (χ0n) is 12.5. The van der Waals surface area contributed by atoms with Crippen LogP contribution in [0.2, 0.25) is 0 Å². The van der Waals surface area contributed by atoms with Gasteiger partial charge in [0.15, 0.2) is 6.29 Å². The van der Waals surface area contributed by atoms with Gasteiger partial charge in [0.2, 0.25) is 0 Å². The van der Waals surface area contributed by atoms with Gasteiger partial charge in [-0.3, -0.25) is 9.48 Å². The third-order valence-electron chi connectivity index (χ3n) is 3.53. The molecule has 1 aromatic carbocycles. The van der Waals surface area contributed by atoms with E-state index in [1.54, 1.807) is 0 Å². The van der Waals surface area contributed by atoms with Crippen LogP contribution in [0.1, 0.15) is 59.9 Å². The number of benzene rings is 1. The van der Waals surface area contributed by atoms with Crippen molar-refractivity contribution in [2.24, 2.45) is 0 Å². The molecular formula is C17H22N2O. The minimum Gasteiger partial charge on any atom is -0.296 e. The van der Waals surface area contributed by atoms with Crippen LogP contribution in [0, 0.1) is 6.92 Å². The SMILES string of the molecule is CC.Cc1c(C=O)nn(Cc2ccccc2)c1C1CC1. The highest BCUT2D eigenvalue weighted by Crippen LogP contribution is 2.42. The van der Waals surface area contributed by atoms with Crippen molar-refractivity contribution in [3.05, 3.63) is 52.8 Å². The maximum atomic E-state index is 11.0. The molecule has 1 fully saturated rings. The normalized spacial score (nSPS) is 13.6. The minimum atomic E-state index is 0.591. The van der Waals surface area contributed by atoms with Gasteiger partial charge in [0.1, 0.15) is 5.69 Å². The van der Waals surface area contributed by atoms with Gasteiger partial charge in [0, 0.05) is 17.2 Å². The molecule has 106 valence electrons. The van der Waals surface area contributed by atoms with Crippen molar-refractivity contribution >= 4 is 6.29 Å². The molecular weight excluding hydrogens is 248 g/mol. The fraction of sp³-hybridized carbons (Fsp3) is 0.412. The van der Waals surface area contributed by atoms with Crippen LogP contribution >= 0.6 is 0 Å². The average Bonchev–Trinajstić information content (AvgIpc) is 3.28. The monoisotopic (exact) mass is 270 g/mol. The second-order valence-corrected chi connectivity index (χ2v) is 4.93. The molecule has 2 aromatic rings. The predicted octanol–water partition coefficient (Wildman–Crippen LogP) is 3.96. The summed E-state index contributed by atoms with van der Waals surface area (Å²) in [6.07, 6.45) is 3.31. The van der Waals surface area contributed by atoms with Crippen LogP contribution in [0.3, 0.4) is 0 Å². The number of nitrogens with zero attached hydrogens (tertiary/aromatic N) is 2. The van der Waals surface area contributed by atoms with Gasteiger partial charge in [0.05, 0.1) is 6.54 Å². The van der Waals surface area contributed by atoms with Crippen molar-refractivity contribution < 1.29 is 4.79 Å². The second kappa shape index (κ2) is 6.51. The van der Waals surface area contributed by atoms with Crippen molar-refractivity contribution in [2.75, 3.05) is 0 Å². The molecule has 1 aliphatic rings. The van der Waals surface area contributed by atoms with Crippen molar-refractivity contribution in [1.82, 2.24) is 9.78 Å². The van der Waals surface area contributed by atoms with E-state index in [0.29, 0.717) is 11.6 Å². The van der Waals surface area contributed by atoms with Gasteiger partial charge in [-0.1, -0.05) is 44.2 Å². The van der Waals surface area contributed by atoms with E-state index in [2.05, 4.69) is 17.2 Å². The van der Waals surface area contributed by atoms with Crippen LogP contribution in [0.5, 0.6) is 0 Å². The lowest BCUT2D eigenvalue weighted by Crippen LogP contribution is -2.06. The first kappa shape index (κ1) is 14.5. The summed E-state index contributed by atoms with van der Waals surface area (Å²) in [5, 5.41) is 4.43. The fourth-order valence-electron chi connectivity index (χ4n) is 2.45. The molecule has 1 aliphatic carbocycles. The first-order valence-corrected chi connectivity index (χ1v) is 7.36. The number of carbonyl (C=O) groups is 1. The largest absolute Gasteiger partial charge is 0.296 e. The molecule has 3 nitrogen and oxygen atoms in total. The van der Waals surface area contributed by atoms with Crippen molar-refractivity contribution in [3.63, 3.8) is 0 Å². The quantitative estimate of drug-likeness (QED) is 0.788. The van der Waals surface area contributed by atoms with Crippen LogP contribution in [0.15, 0.2) is 30.3 Å². The predicted molar refractivity (Wildman–Crippen MR) is 81.2 cm³/mol. The van der Waals surface area contributed by atoms with Gasteiger partial charge in [-0.2, -0.15) is 5.10 Å². The summed E-state index contributed by atoms with van der Waals surface area (Å²) in [4.78, 5) is 11.0. The van der Waals surface area contributed by atoms with Crippen LogP contribution in [-0.2, 0) is 6.54 Å². The summed E-state index contributed by atoms with van der Waals surface area (Å²) in [5.74, 6) is 0.606. The number of hydrogen-bond acceptors (Lipinski definition) is 2. The van der Waals surface area contributed by atoms with E-state index in [4.69, 9.17) is 0 Å². The van der Waals surface area contributed by atoms with Gasteiger partial charge in [-0.15, -0.1) is 0 Å². The molecule has 3 rings (SSSR count). The van der Waals surface area contributed by atoms with E-state index in [9.17, 15) is 4.79 Å². The highest BCUT2D eigenvalue weighted by molar-refractivity contribution is 5.74. The lowest BCUT2D eigenvalue weighted by Gasteiger charge is -2.07. The lowest BCUT2D eigenvalue weighted by atomic mass is 10.1. The van der Waals surface area contributed by atoms with Crippen LogP contribution in [0.25, 0.3) is 0 Å². The van der Waals surface area contributed by atoms with Crippen molar-refractivity contribution in [2.45, 2.75) is 46.1 Å². The van der Waals surface area contributed by atoms with Gasteiger partial charge >= 0.3 is 0 Å². The Hall–Kier alpha value is -1.90. The molecule has 0 N–H and O–H groups in total. The first-order chi connectivity index (χ1) is 9.79. The summed E-state index contributed by atoms with van der Waals surface area (Å²) in [5.41, 5.74) is 4.12. The Balaban J connectivity index is 0.000000704. The van der Waals surface area contributed by atoms with Crippen LogP contribution in [0.4, 0.5) is 0 Å². The van der Waals surface area contributed by atoms with Gasteiger partial charge in [-0.25, -0.2) is 0 Å². The van der Waals surface area contributed by atoms with E-state index < -0.39 is 0 Å². The van der Waals surface area contributed by atoms with Gasteiger partial charge < -0.3 is 0 Å². The number of aldehydes is 1. The van der Waals surface area contributed by atoms with E-state index in [1.165, 1.54) is 24.1 Å². The molecule has 0 radical (unpaired) electrons. The average molecular weight is 270 g/mol. The summed E-state index contributed by atoms with van der Waals surface area (Å²) >= 11 is 0. The summed E-state index contributed by atoms with van der Waals surface area (Å²) < 4.78 is 2.01. The Morgan fingerprint density at radius 3 is 2.45 bits per heavy atom. The molecule has 0 bridgehead atoms. The fourth-order valence-corrected chi connectivity index (χ4v) is 2.45. The molecule has 0 saturated heterocycles. The molecule has 0 amide bonds. The third-order valence-corrected chi connectivity index (χ3v) is 3.53. The molecule has 1 heterocycles. The Kier molecular flexibility index (Phi) is 4.72. The van der Waals surface area contributed by atoms with Crippen molar-refractivity contribution in [3.8, 4) is 0 Å². The maximum Gasteiger partial charge on any atom is 0.170 e. The highest BCUT2D eigenvalue weighted by Gasteiger charge is 2.30. The molecule has 0 unspecified atom stereocenters. The molecule has 1 aromatic heterocycles. The summed E-state index contributed by atoms with van der Waals surface area (Å²) in [6.45, 7) is 6.76. The smallest absolute Gasteiger partial charge is 0.170 e. The Labute approximate surface area is 120 Å². The Bertz CT molecular complexity index is 568. The molecule has 3 heteroatoms. The van der Waals surface area contributed by atoms with Crippen LogP contribution in [-0.4, -0.2) is 16.1 Å². The molecule has 0 spiro atoms. The van der Waals surface area contributed by atoms with E-state index in [1.807, 2.05) is 43.7 Å².